The van der Waals surface area contributed by atoms with E-state index in [1.54, 1.807) is 0 Å². The molecule has 2 rings (SSSR count). The minimum absolute atomic E-state index is 0.000391. The maximum absolute atomic E-state index is 12.4. The molecule has 2 aromatic rings. The van der Waals surface area contributed by atoms with E-state index in [1.807, 2.05) is 36.8 Å². The van der Waals surface area contributed by atoms with Gasteiger partial charge < -0.3 is 15.0 Å². The molecule has 0 saturated carbocycles. The molecule has 0 bridgehead atoms. The average molecular weight is 562 g/mol. The van der Waals surface area contributed by atoms with Crippen molar-refractivity contribution in [2.45, 2.75) is 80.6 Å². The number of thiazole rings is 1. The van der Waals surface area contributed by atoms with Gasteiger partial charge in [-0.05, 0) is 20.3 Å². The Morgan fingerprint density at radius 1 is 1.14 bits per heavy atom. The Hall–Kier alpha value is -2.25. The van der Waals surface area contributed by atoms with E-state index in [4.69, 9.17) is 0 Å². The molecule has 1 N–H and O–H groups in total. The van der Waals surface area contributed by atoms with Gasteiger partial charge in [0.05, 0.1) is 29.8 Å². The Bertz CT molecular complexity index is 1010. The molecule has 8 nitrogen and oxygen atoms in total. The van der Waals surface area contributed by atoms with Crippen LogP contribution in [-0.4, -0.2) is 58.5 Å². The van der Waals surface area contributed by atoms with E-state index in [-0.39, 0.29) is 6.04 Å². The third kappa shape index (κ3) is 10.2. The minimum atomic E-state index is -5.23. The molecule has 2 heterocycles. The van der Waals surface area contributed by atoms with Gasteiger partial charge in [0.15, 0.2) is 4.34 Å². The predicted octanol–water partition coefficient (Wildman–Crippen LogP) is 5.35. The van der Waals surface area contributed by atoms with Crippen molar-refractivity contribution in [1.29, 1.82) is 0 Å². The van der Waals surface area contributed by atoms with Crippen LogP contribution < -0.4 is 10.2 Å². The Balaban J connectivity index is 1.95. The van der Waals surface area contributed by atoms with E-state index in [0.717, 1.165) is 54.7 Å². The number of anilines is 1. The number of halogens is 3. The number of carbonyl (C=O) groups is 2. The number of esters is 2. The highest BCUT2D eigenvalue weighted by Gasteiger charge is 2.45. The lowest BCUT2D eigenvalue weighted by Gasteiger charge is -2.20. The van der Waals surface area contributed by atoms with Crippen molar-refractivity contribution in [3.8, 4) is 0 Å². The molecule has 0 saturated heterocycles. The molecule has 1 unspecified atom stereocenters. The van der Waals surface area contributed by atoms with Crippen molar-refractivity contribution >= 4 is 40.7 Å². The second-order valence-electron chi connectivity index (χ2n) is 9.19. The zero-order valence-electron chi connectivity index (χ0n) is 21.7. The van der Waals surface area contributed by atoms with Crippen molar-refractivity contribution in [1.82, 2.24) is 20.3 Å². The molecule has 0 amide bonds. The van der Waals surface area contributed by atoms with Gasteiger partial charge in [-0.2, -0.15) is 13.2 Å². The van der Waals surface area contributed by atoms with Gasteiger partial charge in [0.25, 0.3) is 0 Å². The van der Waals surface area contributed by atoms with Crippen molar-refractivity contribution in [3.05, 3.63) is 29.3 Å². The van der Waals surface area contributed by atoms with Crippen LogP contribution in [0.25, 0.3) is 0 Å². The van der Waals surface area contributed by atoms with Crippen LogP contribution in [0.4, 0.5) is 18.9 Å². The number of carbonyl (C=O) groups excluding carboxylic acids is 2. The second-order valence-corrected chi connectivity index (χ2v) is 11.9. The van der Waals surface area contributed by atoms with Gasteiger partial charge in [0, 0.05) is 32.4 Å². The van der Waals surface area contributed by atoms with Gasteiger partial charge in [-0.15, -0.1) is 11.3 Å². The number of aromatic nitrogens is 3. The summed E-state index contributed by atoms with van der Waals surface area (Å²) in [5.74, 6) is -3.06. The van der Waals surface area contributed by atoms with Gasteiger partial charge in [-0.1, -0.05) is 44.4 Å². The van der Waals surface area contributed by atoms with Crippen molar-refractivity contribution < 1.29 is 27.5 Å². The van der Waals surface area contributed by atoms with Crippen LogP contribution in [-0.2, 0) is 20.7 Å². The van der Waals surface area contributed by atoms with Crippen LogP contribution in [0.2, 0.25) is 0 Å². The third-order valence-corrected chi connectivity index (χ3v) is 7.55. The van der Waals surface area contributed by atoms with Crippen LogP contribution in [0.1, 0.15) is 70.4 Å². The summed E-state index contributed by atoms with van der Waals surface area (Å²) in [5, 5.41) is 5.36. The van der Waals surface area contributed by atoms with Crippen LogP contribution in [0, 0.1) is 0 Å². The van der Waals surface area contributed by atoms with Crippen LogP contribution >= 0.6 is 23.1 Å². The van der Waals surface area contributed by atoms with E-state index in [0.29, 0.717) is 17.3 Å². The number of ether oxygens (including phenoxy) is 1. The standard InChI is InChI=1S/C24H34F3N5O3S2/c1-6-7-8-9-10-18(19-29-13-17(14-30-19)32(4)5)28-12-11-16-15-36-22(31-16)37-23(2,3)20(33)35-21(34)24(25,26)27/h13-15,18,28H,6-12H2,1-5H3. The highest BCUT2D eigenvalue weighted by atomic mass is 32.2. The fourth-order valence-electron chi connectivity index (χ4n) is 3.19. The Morgan fingerprint density at radius 2 is 1.81 bits per heavy atom. The molecule has 1 atom stereocenters. The van der Waals surface area contributed by atoms with Crippen molar-refractivity contribution in [3.63, 3.8) is 0 Å². The molecule has 0 aliphatic carbocycles. The Labute approximate surface area is 223 Å². The summed E-state index contributed by atoms with van der Waals surface area (Å²) >= 11 is 2.23. The van der Waals surface area contributed by atoms with Crippen LogP contribution in [0.5, 0.6) is 0 Å². The highest BCUT2D eigenvalue weighted by molar-refractivity contribution is 8.03. The van der Waals surface area contributed by atoms with E-state index in [2.05, 4.69) is 31.9 Å². The monoisotopic (exact) mass is 561 g/mol. The van der Waals surface area contributed by atoms with Crippen LogP contribution in [0.15, 0.2) is 22.1 Å². The maximum atomic E-state index is 12.4. The fourth-order valence-corrected chi connectivity index (χ4v) is 5.45. The zero-order chi connectivity index (χ0) is 27.6. The normalized spacial score (nSPS) is 12.9. The summed E-state index contributed by atoms with van der Waals surface area (Å²) in [7, 11) is 3.87. The number of alkyl halides is 3. The molecule has 206 valence electrons. The topological polar surface area (TPSA) is 97.3 Å². The van der Waals surface area contributed by atoms with Crippen LogP contribution in [0.3, 0.4) is 0 Å². The second kappa shape index (κ2) is 14.1. The fraction of sp³-hybridized carbons (Fsp3) is 0.625. The average Bonchev–Trinajstić information content (AvgIpc) is 3.26. The van der Waals surface area contributed by atoms with E-state index < -0.39 is 22.9 Å². The quantitative estimate of drug-likeness (QED) is 0.142. The number of nitrogens with one attached hydrogen (secondary N) is 1. The number of rotatable bonds is 14. The first-order valence-electron chi connectivity index (χ1n) is 12.0. The highest BCUT2D eigenvalue weighted by Crippen LogP contribution is 2.36. The zero-order valence-corrected chi connectivity index (χ0v) is 23.4. The number of hydrogen-bond acceptors (Lipinski definition) is 10. The SMILES string of the molecule is CCCCCCC(NCCc1csc(SC(C)(C)C(=O)OC(=O)C(F)(F)F)n1)c1ncc(N(C)C)cn1. The Kier molecular flexibility index (Phi) is 11.8. The Morgan fingerprint density at radius 3 is 2.41 bits per heavy atom. The molecule has 0 spiro atoms. The number of hydrogen-bond donors (Lipinski definition) is 1. The summed E-state index contributed by atoms with van der Waals surface area (Å²) in [6.45, 7) is 5.57. The first-order valence-corrected chi connectivity index (χ1v) is 13.7. The maximum Gasteiger partial charge on any atom is 0.491 e. The first-order chi connectivity index (χ1) is 17.3. The van der Waals surface area contributed by atoms with Gasteiger partial charge in [0.2, 0.25) is 0 Å². The van der Waals surface area contributed by atoms with E-state index in [9.17, 15) is 22.8 Å². The molecule has 37 heavy (non-hydrogen) atoms. The van der Waals surface area contributed by atoms with Gasteiger partial charge in [-0.25, -0.2) is 19.7 Å². The summed E-state index contributed by atoms with van der Waals surface area (Å²) in [6.07, 6.45) is 4.44. The smallest absolute Gasteiger partial charge is 0.385 e. The largest absolute Gasteiger partial charge is 0.491 e. The lowest BCUT2D eigenvalue weighted by atomic mass is 10.1. The molecule has 0 aliphatic heterocycles. The molecule has 0 aromatic carbocycles. The first kappa shape index (κ1) is 31.0. The number of unbranched alkanes of at least 4 members (excludes halogenated alkanes) is 3. The summed E-state index contributed by atoms with van der Waals surface area (Å²) in [6, 6.07) is 0.000391. The van der Waals surface area contributed by atoms with Gasteiger partial charge >= 0.3 is 18.1 Å². The number of nitrogens with zero attached hydrogens (tertiary/aromatic N) is 4. The molecule has 0 fully saturated rings. The molecule has 13 heteroatoms. The van der Waals surface area contributed by atoms with Gasteiger partial charge in [-0.3, -0.25) is 4.79 Å². The molecule has 0 aliphatic rings. The summed E-state index contributed by atoms with van der Waals surface area (Å²) < 4.78 is 40.3. The predicted molar refractivity (Wildman–Crippen MR) is 139 cm³/mol. The number of thioether (sulfide) groups is 1. The minimum Gasteiger partial charge on any atom is -0.385 e. The molecule has 2 aromatic heterocycles. The third-order valence-electron chi connectivity index (χ3n) is 5.39. The van der Waals surface area contributed by atoms with Gasteiger partial charge in [0.1, 0.15) is 10.6 Å². The lowest BCUT2D eigenvalue weighted by Crippen LogP contribution is -2.36. The summed E-state index contributed by atoms with van der Waals surface area (Å²) in [4.78, 5) is 38.6. The van der Waals surface area contributed by atoms with E-state index in [1.165, 1.54) is 31.6 Å². The molecule has 0 radical (unpaired) electrons. The summed E-state index contributed by atoms with van der Waals surface area (Å²) in [5.41, 5.74) is 1.71. The van der Waals surface area contributed by atoms with E-state index >= 15 is 0 Å². The molecular formula is C24H34F3N5O3S2. The molecular weight excluding hydrogens is 527 g/mol. The lowest BCUT2D eigenvalue weighted by molar-refractivity contribution is -0.202. The van der Waals surface area contributed by atoms with Crippen molar-refractivity contribution in [2.24, 2.45) is 0 Å². The van der Waals surface area contributed by atoms with Crippen molar-refractivity contribution in [2.75, 3.05) is 25.5 Å².